The molecule has 0 aliphatic heterocycles. The third-order valence-electron chi connectivity index (χ3n) is 1.88. The molecule has 102 valence electrons. The van der Waals surface area contributed by atoms with Crippen molar-refractivity contribution < 1.29 is 24.3 Å². The number of hydrogen-bond donors (Lipinski definition) is 3. The molecule has 0 saturated heterocycles. The van der Waals surface area contributed by atoms with E-state index in [4.69, 9.17) is 16.7 Å². The maximum Gasteiger partial charge on any atom is 0.332 e. The largest absolute Gasteiger partial charge is 0.479 e. The van der Waals surface area contributed by atoms with Crippen LogP contribution in [0.4, 0.5) is 0 Å². The Morgan fingerprint density at radius 1 is 1.32 bits per heavy atom. The van der Waals surface area contributed by atoms with Crippen LogP contribution in [0.15, 0.2) is 24.3 Å². The van der Waals surface area contributed by atoms with E-state index in [1.165, 1.54) is 6.07 Å². The fourth-order valence-electron chi connectivity index (χ4n) is 1.11. The number of hydrogen-bond acceptors (Lipinski definition) is 4. The molecule has 2 amide bonds. The lowest BCUT2D eigenvalue weighted by Crippen LogP contribution is -2.37. The molecule has 0 heterocycles. The number of rotatable bonds is 6. The van der Waals surface area contributed by atoms with Crippen LogP contribution in [0, 0.1) is 0 Å². The molecule has 0 fully saturated rings. The normalized spacial score (nSPS) is 9.74. The first-order chi connectivity index (χ1) is 8.99. The molecule has 0 bridgehead atoms. The topological polar surface area (TPSA) is 105 Å². The van der Waals surface area contributed by atoms with Gasteiger partial charge in [0.1, 0.15) is 0 Å². The summed E-state index contributed by atoms with van der Waals surface area (Å²) in [4.78, 5) is 37.2. The van der Waals surface area contributed by atoms with Gasteiger partial charge in [0.05, 0.1) is 6.54 Å². The summed E-state index contributed by atoms with van der Waals surface area (Å²) in [6.07, 6.45) is 0. The van der Waals surface area contributed by atoms with Gasteiger partial charge in [-0.05, 0) is 18.2 Å². The summed E-state index contributed by atoms with van der Waals surface area (Å²) in [7, 11) is 0. The van der Waals surface area contributed by atoms with Gasteiger partial charge in [-0.3, -0.25) is 14.4 Å². The molecule has 1 rings (SSSR count). The van der Waals surface area contributed by atoms with Gasteiger partial charge in [0, 0.05) is 10.6 Å². The fourth-order valence-corrected chi connectivity index (χ4v) is 1.30. The van der Waals surface area contributed by atoms with Crippen molar-refractivity contribution in [2.45, 2.75) is 0 Å². The van der Waals surface area contributed by atoms with Gasteiger partial charge >= 0.3 is 5.97 Å². The summed E-state index contributed by atoms with van der Waals surface area (Å²) in [6, 6.07) is 6.22. The Morgan fingerprint density at radius 3 is 2.68 bits per heavy atom. The third kappa shape index (κ3) is 5.84. The lowest BCUT2D eigenvalue weighted by Gasteiger charge is -2.06. The molecular weight excluding hydrogens is 276 g/mol. The smallest absolute Gasteiger partial charge is 0.332 e. The van der Waals surface area contributed by atoms with Crippen LogP contribution in [0.2, 0.25) is 5.02 Å². The first-order valence-electron chi connectivity index (χ1n) is 5.15. The molecule has 0 aliphatic carbocycles. The van der Waals surface area contributed by atoms with Gasteiger partial charge in [-0.25, -0.2) is 10.3 Å². The highest BCUT2D eigenvalue weighted by atomic mass is 35.5. The van der Waals surface area contributed by atoms with Crippen molar-refractivity contribution in [3.05, 3.63) is 34.9 Å². The highest BCUT2D eigenvalue weighted by molar-refractivity contribution is 6.30. The molecular formula is C11H11ClN2O5. The van der Waals surface area contributed by atoms with Gasteiger partial charge in [-0.15, -0.1) is 0 Å². The molecule has 19 heavy (non-hydrogen) atoms. The molecule has 0 saturated carbocycles. The average Bonchev–Trinajstić information content (AvgIpc) is 2.35. The van der Waals surface area contributed by atoms with Gasteiger partial charge in [0.2, 0.25) is 0 Å². The number of hydroxylamine groups is 1. The van der Waals surface area contributed by atoms with E-state index >= 15 is 0 Å². The minimum absolute atomic E-state index is 0.312. The van der Waals surface area contributed by atoms with E-state index in [2.05, 4.69) is 10.2 Å². The van der Waals surface area contributed by atoms with E-state index in [1.54, 1.807) is 18.2 Å². The summed E-state index contributed by atoms with van der Waals surface area (Å²) in [6.45, 7) is -1.00. The second-order valence-corrected chi connectivity index (χ2v) is 3.84. The number of benzene rings is 1. The fraction of sp³-hybridized carbons (Fsp3) is 0.182. The summed E-state index contributed by atoms with van der Waals surface area (Å²) >= 11 is 5.71. The number of halogens is 1. The molecule has 0 aromatic heterocycles. The number of aliphatic carboxylic acids is 1. The van der Waals surface area contributed by atoms with Crippen LogP contribution in [0.3, 0.4) is 0 Å². The van der Waals surface area contributed by atoms with Crippen LogP contribution in [0.5, 0.6) is 0 Å². The van der Waals surface area contributed by atoms with E-state index in [9.17, 15) is 14.4 Å². The Labute approximate surface area is 113 Å². The van der Waals surface area contributed by atoms with Crippen LogP contribution in [-0.4, -0.2) is 36.0 Å². The van der Waals surface area contributed by atoms with Gasteiger partial charge in [0.25, 0.3) is 11.8 Å². The summed E-state index contributed by atoms with van der Waals surface area (Å²) < 4.78 is 0. The van der Waals surface area contributed by atoms with Crippen LogP contribution in [0.1, 0.15) is 10.4 Å². The van der Waals surface area contributed by atoms with Crippen LogP contribution >= 0.6 is 11.6 Å². The van der Waals surface area contributed by atoms with Crippen molar-refractivity contribution in [2.75, 3.05) is 13.2 Å². The predicted molar refractivity (Wildman–Crippen MR) is 65.5 cm³/mol. The van der Waals surface area contributed by atoms with Crippen molar-refractivity contribution >= 4 is 29.4 Å². The zero-order valence-electron chi connectivity index (χ0n) is 9.68. The van der Waals surface area contributed by atoms with Crippen LogP contribution < -0.4 is 10.8 Å². The number of nitrogens with one attached hydrogen (secondary N) is 2. The highest BCUT2D eigenvalue weighted by Crippen LogP contribution is 2.10. The summed E-state index contributed by atoms with van der Waals surface area (Å²) in [5.74, 6) is -2.37. The van der Waals surface area contributed by atoms with E-state index in [0.717, 1.165) is 0 Å². The molecule has 1 aromatic rings. The highest BCUT2D eigenvalue weighted by Gasteiger charge is 2.08. The quantitative estimate of drug-likeness (QED) is 0.648. The van der Waals surface area contributed by atoms with Gasteiger partial charge in [0.15, 0.2) is 6.61 Å². The maximum absolute atomic E-state index is 11.6. The number of carbonyl (C=O) groups excluding carboxylic acids is 2. The SMILES string of the molecule is O=C(O)CONC(=O)CNC(=O)c1cccc(Cl)c1. The van der Waals surface area contributed by atoms with Gasteiger partial charge in [-0.2, -0.15) is 0 Å². The lowest BCUT2D eigenvalue weighted by molar-refractivity contribution is -0.148. The van der Waals surface area contributed by atoms with Gasteiger partial charge in [-0.1, -0.05) is 17.7 Å². The maximum atomic E-state index is 11.6. The molecule has 0 unspecified atom stereocenters. The second kappa shape index (κ2) is 7.34. The first kappa shape index (κ1) is 14.9. The molecule has 0 radical (unpaired) electrons. The zero-order chi connectivity index (χ0) is 14.3. The Morgan fingerprint density at radius 2 is 2.05 bits per heavy atom. The molecule has 1 aromatic carbocycles. The monoisotopic (exact) mass is 286 g/mol. The summed E-state index contributed by atoms with van der Waals surface area (Å²) in [5.41, 5.74) is 2.18. The number of carbonyl (C=O) groups is 3. The second-order valence-electron chi connectivity index (χ2n) is 3.40. The van der Waals surface area contributed by atoms with Crippen molar-refractivity contribution in [1.82, 2.24) is 10.8 Å². The lowest BCUT2D eigenvalue weighted by atomic mass is 10.2. The van der Waals surface area contributed by atoms with E-state index in [0.29, 0.717) is 10.6 Å². The number of carboxylic acid groups (broad SMARTS) is 1. The van der Waals surface area contributed by atoms with E-state index in [-0.39, 0.29) is 6.54 Å². The van der Waals surface area contributed by atoms with Crippen LogP contribution in [-0.2, 0) is 14.4 Å². The Kier molecular flexibility index (Phi) is 5.77. The van der Waals surface area contributed by atoms with Crippen LogP contribution in [0.25, 0.3) is 0 Å². The van der Waals surface area contributed by atoms with E-state index in [1.807, 2.05) is 5.48 Å². The van der Waals surface area contributed by atoms with Crippen molar-refractivity contribution in [2.24, 2.45) is 0 Å². The minimum atomic E-state index is -1.22. The minimum Gasteiger partial charge on any atom is -0.479 e. The van der Waals surface area contributed by atoms with Crippen molar-refractivity contribution in [3.63, 3.8) is 0 Å². The first-order valence-corrected chi connectivity index (χ1v) is 5.53. The van der Waals surface area contributed by atoms with Crippen molar-refractivity contribution in [3.8, 4) is 0 Å². The Bertz CT molecular complexity index is 492. The number of amides is 2. The van der Waals surface area contributed by atoms with Gasteiger partial charge < -0.3 is 10.4 Å². The number of carboxylic acids is 1. The molecule has 0 spiro atoms. The van der Waals surface area contributed by atoms with E-state index < -0.39 is 24.4 Å². The molecule has 8 heteroatoms. The Balaban J connectivity index is 2.34. The third-order valence-corrected chi connectivity index (χ3v) is 2.11. The zero-order valence-corrected chi connectivity index (χ0v) is 10.4. The predicted octanol–water partition coefficient (Wildman–Crippen LogP) is 0.202. The Hall–Kier alpha value is -2.12. The van der Waals surface area contributed by atoms with Crippen molar-refractivity contribution in [1.29, 1.82) is 0 Å². The molecule has 3 N–H and O–H groups in total. The average molecular weight is 287 g/mol. The molecule has 7 nitrogen and oxygen atoms in total. The standard InChI is InChI=1S/C11H11ClN2O5/c12-8-3-1-2-7(4-8)11(18)13-5-9(15)14-19-6-10(16)17/h1-4H,5-6H2,(H,13,18)(H,14,15)(H,16,17). The summed E-state index contributed by atoms with van der Waals surface area (Å²) in [5, 5.41) is 11.0. The molecule has 0 atom stereocenters. The molecule has 0 aliphatic rings.